The van der Waals surface area contributed by atoms with Crippen molar-refractivity contribution < 1.29 is 19.8 Å². The lowest BCUT2D eigenvalue weighted by Crippen LogP contribution is -2.43. The van der Waals surface area contributed by atoms with E-state index in [-0.39, 0.29) is 18.9 Å². The molecule has 1 aliphatic rings. The molecule has 1 amide bonds. The molecule has 0 aromatic heterocycles. The third-order valence-corrected chi connectivity index (χ3v) is 4.21. The number of rotatable bonds is 6. The van der Waals surface area contributed by atoms with Gasteiger partial charge in [-0.05, 0) is 18.4 Å². The number of nitrogens with one attached hydrogen (secondary N) is 1. The molecule has 0 heterocycles. The highest BCUT2D eigenvalue weighted by atomic mass is 16.4. The number of benzene rings is 1. The molecule has 5 heteroatoms. The first-order valence-electron chi connectivity index (χ1n) is 7.31. The lowest BCUT2D eigenvalue weighted by atomic mass is 9.78. The second-order valence-electron chi connectivity index (χ2n) is 5.55. The number of carbonyl (C=O) groups is 2. The lowest BCUT2D eigenvalue weighted by Gasteiger charge is -2.28. The van der Waals surface area contributed by atoms with Crippen molar-refractivity contribution in [1.82, 2.24) is 5.32 Å². The van der Waals surface area contributed by atoms with Crippen LogP contribution in [-0.2, 0) is 15.0 Å². The zero-order valence-electron chi connectivity index (χ0n) is 11.9. The molecule has 1 aromatic rings. The van der Waals surface area contributed by atoms with Gasteiger partial charge in [0.05, 0.1) is 5.41 Å². The second-order valence-corrected chi connectivity index (χ2v) is 5.55. The predicted octanol–water partition coefficient (Wildman–Crippen LogP) is 1.45. The first kappa shape index (κ1) is 15.5. The maximum absolute atomic E-state index is 12.6. The molecule has 0 bridgehead atoms. The Kier molecular flexibility index (Phi) is 4.96. The Bertz CT molecular complexity index is 494. The van der Waals surface area contributed by atoms with Crippen molar-refractivity contribution >= 4 is 11.9 Å². The summed E-state index contributed by atoms with van der Waals surface area (Å²) in [6.45, 7) is 0.168. The molecular weight excluding hydrogens is 270 g/mol. The van der Waals surface area contributed by atoms with Crippen LogP contribution in [0.2, 0.25) is 0 Å². The summed E-state index contributed by atoms with van der Waals surface area (Å²) in [7, 11) is 0. The monoisotopic (exact) mass is 291 g/mol. The molecule has 1 atom stereocenters. The van der Waals surface area contributed by atoms with Crippen molar-refractivity contribution in [1.29, 1.82) is 0 Å². The number of hydrogen-bond donors (Lipinski definition) is 3. The van der Waals surface area contributed by atoms with Crippen LogP contribution in [0.1, 0.15) is 37.7 Å². The van der Waals surface area contributed by atoms with E-state index in [0.29, 0.717) is 0 Å². The van der Waals surface area contributed by atoms with Gasteiger partial charge in [0.15, 0.2) is 6.10 Å². The molecule has 21 heavy (non-hydrogen) atoms. The maximum atomic E-state index is 12.6. The van der Waals surface area contributed by atoms with Crippen LogP contribution in [-0.4, -0.2) is 34.7 Å². The van der Waals surface area contributed by atoms with Gasteiger partial charge in [0.1, 0.15) is 0 Å². The molecule has 1 fully saturated rings. The third-order valence-electron chi connectivity index (χ3n) is 4.21. The van der Waals surface area contributed by atoms with E-state index in [1.807, 2.05) is 30.3 Å². The van der Waals surface area contributed by atoms with Gasteiger partial charge >= 0.3 is 5.97 Å². The molecule has 1 aliphatic carbocycles. The summed E-state index contributed by atoms with van der Waals surface area (Å²) < 4.78 is 0. The fraction of sp³-hybridized carbons (Fsp3) is 0.500. The minimum Gasteiger partial charge on any atom is -0.479 e. The van der Waals surface area contributed by atoms with Gasteiger partial charge in [0.2, 0.25) is 5.91 Å². The lowest BCUT2D eigenvalue weighted by molar-refractivity contribution is -0.147. The van der Waals surface area contributed by atoms with Crippen molar-refractivity contribution in [2.45, 2.75) is 43.6 Å². The van der Waals surface area contributed by atoms with Crippen LogP contribution in [0.25, 0.3) is 0 Å². The first-order chi connectivity index (χ1) is 10.1. The fourth-order valence-electron chi connectivity index (χ4n) is 3.00. The van der Waals surface area contributed by atoms with Gasteiger partial charge in [-0.15, -0.1) is 0 Å². The number of aliphatic carboxylic acids is 1. The van der Waals surface area contributed by atoms with E-state index in [9.17, 15) is 14.7 Å². The summed E-state index contributed by atoms with van der Waals surface area (Å²) in [5, 5.41) is 20.6. The van der Waals surface area contributed by atoms with Crippen LogP contribution in [0.15, 0.2) is 30.3 Å². The Morgan fingerprint density at radius 3 is 2.38 bits per heavy atom. The van der Waals surface area contributed by atoms with Crippen LogP contribution < -0.4 is 5.32 Å². The Balaban J connectivity index is 2.02. The van der Waals surface area contributed by atoms with Crippen LogP contribution in [0.5, 0.6) is 0 Å². The topological polar surface area (TPSA) is 86.6 Å². The third kappa shape index (κ3) is 3.42. The van der Waals surface area contributed by atoms with Gasteiger partial charge in [-0.3, -0.25) is 4.79 Å². The van der Waals surface area contributed by atoms with E-state index in [0.717, 1.165) is 31.2 Å². The molecule has 114 valence electrons. The standard InChI is InChI=1S/C16H21NO4/c18-13(14(19)20)8-11-17-15(21)16(9-4-5-10-16)12-6-2-1-3-7-12/h1-3,6-7,13,18H,4-5,8-11H2,(H,17,21)(H,19,20)/t13-/m0/s1. The van der Waals surface area contributed by atoms with E-state index < -0.39 is 17.5 Å². The van der Waals surface area contributed by atoms with Gasteiger partial charge in [-0.25, -0.2) is 4.79 Å². The maximum Gasteiger partial charge on any atom is 0.332 e. The van der Waals surface area contributed by atoms with E-state index in [1.54, 1.807) is 0 Å². The quantitative estimate of drug-likeness (QED) is 0.740. The van der Waals surface area contributed by atoms with Crippen molar-refractivity contribution in [3.63, 3.8) is 0 Å². The van der Waals surface area contributed by atoms with Crippen molar-refractivity contribution in [3.05, 3.63) is 35.9 Å². The minimum absolute atomic E-state index is 0.0198. The van der Waals surface area contributed by atoms with Crippen molar-refractivity contribution in [2.75, 3.05) is 6.54 Å². The molecule has 0 saturated heterocycles. The Morgan fingerprint density at radius 2 is 1.81 bits per heavy atom. The number of carboxylic acids is 1. The van der Waals surface area contributed by atoms with Crippen LogP contribution >= 0.6 is 0 Å². The van der Waals surface area contributed by atoms with Crippen LogP contribution in [0.3, 0.4) is 0 Å². The Morgan fingerprint density at radius 1 is 1.19 bits per heavy atom. The number of carboxylic acid groups (broad SMARTS) is 1. The van der Waals surface area contributed by atoms with Gasteiger partial charge in [0.25, 0.3) is 0 Å². The molecule has 0 unspecified atom stereocenters. The van der Waals surface area contributed by atoms with E-state index in [1.165, 1.54) is 0 Å². The molecule has 2 rings (SSSR count). The SMILES string of the molecule is O=C(O)[C@@H](O)CCNC(=O)C1(c2ccccc2)CCCC1. The van der Waals surface area contributed by atoms with Gasteiger partial charge in [-0.2, -0.15) is 0 Å². The van der Waals surface area contributed by atoms with E-state index in [4.69, 9.17) is 5.11 Å². The molecule has 0 radical (unpaired) electrons. The molecule has 1 saturated carbocycles. The molecular formula is C16H21NO4. The molecule has 5 nitrogen and oxygen atoms in total. The summed E-state index contributed by atoms with van der Waals surface area (Å²) in [6.07, 6.45) is 2.24. The summed E-state index contributed by atoms with van der Waals surface area (Å²) >= 11 is 0. The van der Waals surface area contributed by atoms with E-state index in [2.05, 4.69) is 5.32 Å². The fourth-order valence-corrected chi connectivity index (χ4v) is 3.00. The molecule has 0 aliphatic heterocycles. The van der Waals surface area contributed by atoms with Gasteiger partial charge in [0, 0.05) is 13.0 Å². The molecule has 3 N–H and O–H groups in total. The highest BCUT2D eigenvalue weighted by molar-refractivity contribution is 5.88. The number of hydrogen-bond acceptors (Lipinski definition) is 3. The largest absolute Gasteiger partial charge is 0.479 e. The summed E-state index contributed by atoms with van der Waals surface area (Å²) in [5.74, 6) is -1.33. The van der Waals surface area contributed by atoms with E-state index >= 15 is 0 Å². The minimum atomic E-state index is -1.43. The summed E-state index contributed by atoms with van der Waals surface area (Å²) in [4.78, 5) is 23.1. The first-order valence-corrected chi connectivity index (χ1v) is 7.31. The second kappa shape index (κ2) is 6.72. The number of amides is 1. The zero-order valence-corrected chi connectivity index (χ0v) is 11.9. The number of aliphatic hydroxyl groups excluding tert-OH is 1. The predicted molar refractivity (Wildman–Crippen MR) is 77.9 cm³/mol. The van der Waals surface area contributed by atoms with Crippen molar-refractivity contribution in [2.24, 2.45) is 0 Å². The zero-order chi connectivity index (χ0) is 15.3. The normalized spacial score (nSPS) is 18.1. The summed E-state index contributed by atoms with van der Waals surface area (Å²) in [6, 6.07) is 9.72. The molecule has 0 spiro atoms. The Hall–Kier alpha value is -1.88. The Labute approximate surface area is 124 Å². The average molecular weight is 291 g/mol. The number of carbonyl (C=O) groups excluding carboxylic acids is 1. The van der Waals surface area contributed by atoms with Gasteiger partial charge < -0.3 is 15.5 Å². The average Bonchev–Trinajstić information content (AvgIpc) is 2.98. The highest BCUT2D eigenvalue weighted by Gasteiger charge is 2.42. The van der Waals surface area contributed by atoms with Crippen LogP contribution in [0.4, 0.5) is 0 Å². The van der Waals surface area contributed by atoms with Crippen molar-refractivity contribution in [3.8, 4) is 0 Å². The smallest absolute Gasteiger partial charge is 0.332 e. The summed E-state index contributed by atoms with van der Waals surface area (Å²) in [5.41, 5.74) is 0.508. The van der Waals surface area contributed by atoms with Gasteiger partial charge in [-0.1, -0.05) is 43.2 Å². The van der Waals surface area contributed by atoms with Crippen LogP contribution in [0, 0.1) is 0 Å². The molecule has 1 aromatic carbocycles. The number of aliphatic hydroxyl groups is 1. The highest BCUT2D eigenvalue weighted by Crippen LogP contribution is 2.41.